The minimum atomic E-state index is -4.25. The maximum absolute atomic E-state index is 12.8. The summed E-state index contributed by atoms with van der Waals surface area (Å²) in [6.07, 6.45) is -3.81. The Morgan fingerprint density at radius 3 is 2.53 bits per heavy atom. The van der Waals surface area contributed by atoms with Crippen molar-refractivity contribution in [3.05, 3.63) is 23.8 Å². The first-order valence-corrected chi connectivity index (χ1v) is 5.45. The number of halogens is 4. The summed E-state index contributed by atoms with van der Waals surface area (Å²) in [5, 5.41) is 0. The Labute approximate surface area is 112 Å². The molecule has 19 heavy (non-hydrogen) atoms. The Bertz CT molecular complexity index is 468. The van der Waals surface area contributed by atoms with Gasteiger partial charge in [-0.25, -0.2) is 8.78 Å². The molecule has 0 bridgehead atoms. The van der Waals surface area contributed by atoms with Crippen molar-refractivity contribution in [3.8, 4) is 11.5 Å². The van der Waals surface area contributed by atoms with Crippen molar-refractivity contribution in [3.63, 3.8) is 0 Å². The predicted molar refractivity (Wildman–Crippen MR) is 65.3 cm³/mol. The number of benzene rings is 1. The van der Waals surface area contributed by atoms with Crippen LogP contribution in [0, 0.1) is 0 Å². The maximum atomic E-state index is 12.8. The van der Waals surface area contributed by atoms with Crippen molar-refractivity contribution < 1.29 is 27.0 Å². The number of hydrogen-bond donors (Lipinski definition) is 1. The zero-order chi connectivity index (χ0) is 14.6. The second-order valence-corrected chi connectivity index (χ2v) is 4.02. The van der Waals surface area contributed by atoms with Crippen LogP contribution in [0.4, 0.5) is 17.6 Å². The summed E-state index contributed by atoms with van der Waals surface area (Å²) < 4.78 is 59.1. The molecule has 0 amide bonds. The normalized spacial score (nSPS) is 11.5. The van der Waals surface area contributed by atoms with Gasteiger partial charge in [0.1, 0.15) is 16.5 Å². The van der Waals surface area contributed by atoms with E-state index in [1.165, 1.54) is 25.3 Å². The number of alkyl halides is 4. The van der Waals surface area contributed by atoms with Gasteiger partial charge >= 0.3 is 12.3 Å². The van der Waals surface area contributed by atoms with E-state index in [-0.39, 0.29) is 16.3 Å². The molecule has 0 radical (unpaired) electrons. The summed E-state index contributed by atoms with van der Waals surface area (Å²) >= 11 is 4.71. The summed E-state index contributed by atoms with van der Waals surface area (Å²) in [7, 11) is 1.35. The molecule has 1 rings (SSSR count). The van der Waals surface area contributed by atoms with Gasteiger partial charge in [0, 0.05) is 6.07 Å². The third-order valence-electron chi connectivity index (χ3n) is 2.19. The van der Waals surface area contributed by atoms with Crippen LogP contribution >= 0.6 is 12.2 Å². The Balaban J connectivity index is 2.95. The highest BCUT2D eigenvalue weighted by Gasteiger charge is 2.41. The van der Waals surface area contributed by atoms with E-state index in [4.69, 9.17) is 22.7 Å². The smallest absolute Gasteiger partial charge is 0.340 e. The predicted octanol–water partition coefficient (Wildman–Crippen LogP) is 2.61. The fourth-order valence-corrected chi connectivity index (χ4v) is 1.36. The molecular weight excluding hydrogens is 286 g/mol. The molecule has 0 saturated carbocycles. The van der Waals surface area contributed by atoms with E-state index < -0.39 is 19.0 Å². The van der Waals surface area contributed by atoms with Gasteiger partial charge in [0.2, 0.25) is 0 Å². The third kappa shape index (κ3) is 3.95. The molecule has 0 aliphatic rings. The first-order valence-electron chi connectivity index (χ1n) is 5.04. The summed E-state index contributed by atoms with van der Waals surface area (Å²) in [4.78, 5) is -0.0991. The number of nitrogens with two attached hydrogens (primary N) is 1. The highest BCUT2D eigenvalue weighted by atomic mass is 32.1. The third-order valence-corrected chi connectivity index (χ3v) is 2.41. The number of ether oxygens (including phenoxy) is 2. The molecule has 0 spiro atoms. The molecule has 0 saturated heterocycles. The van der Waals surface area contributed by atoms with Gasteiger partial charge < -0.3 is 15.2 Å². The van der Waals surface area contributed by atoms with Gasteiger partial charge in [0.25, 0.3) is 0 Å². The molecular formula is C11H11F4NO2S. The molecule has 0 fully saturated rings. The average Bonchev–Trinajstić information content (AvgIpc) is 2.35. The van der Waals surface area contributed by atoms with E-state index in [2.05, 4.69) is 4.74 Å². The molecule has 0 aromatic heterocycles. The van der Waals surface area contributed by atoms with E-state index in [0.29, 0.717) is 5.75 Å². The van der Waals surface area contributed by atoms with Crippen LogP contribution in [-0.4, -0.2) is 31.1 Å². The van der Waals surface area contributed by atoms with Gasteiger partial charge in [0.05, 0.1) is 12.7 Å². The van der Waals surface area contributed by atoms with Crippen molar-refractivity contribution in [2.24, 2.45) is 5.73 Å². The van der Waals surface area contributed by atoms with E-state index in [1.54, 1.807) is 0 Å². The highest BCUT2D eigenvalue weighted by Crippen LogP contribution is 2.28. The number of rotatable bonds is 6. The quantitative estimate of drug-likeness (QED) is 0.647. The SMILES string of the molecule is COc1ccc(C(N)=S)c(OCC(F)(F)C(F)F)c1. The molecule has 8 heteroatoms. The molecule has 0 atom stereocenters. The molecule has 1 aromatic rings. The Hall–Kier alpha value is -1.57. The van der Waals surface area contributed by atoms with Crippen molar-refractivity contribution >= 4 is 17.2 Å². The van der Waals surface area contributed by atoms with Gasteiger partial charge in [-0.1, -0.05) is 12.2 Å². The van der Waals surface area contributed by atoms with E-state index in [1.807, 2.05) is 0 Å². The van der Waals surface area contributed by atoms with E-state index in [0.717, 1.165) is 0 Å². The highest BCUT2D eigenvalue weighted by molar-refractivity contribution is 7.80. The molecule has 0 aliphatic heterocycles. The Morgan fingerprint density at radius 1 is 1.42 bits per heavy atom. The lowest BCUT2D eigenvalue weighted by molar-refractivity contribution is -0.148. The topological polar surface area (TPSA) is 44.5 Å². The van der Waals surface area contributed by atoms with Crippen LogP contribution in [0.1, 0.15) is 5.56 Å². The molecule has 0 aliphatic carbocycles. The molecule has 1 aromatic carbocycles. The minimum Gasteiger partial charge on any atom is -0.497 e. The fourth-order valence-electron chi connectivity index (χ4n) is 1.19. The summed E-state index contributed by atoms with van der Waals surface area (Å²) in [6, 6.07) is 4.14. The number of hydrogen-bond acceptors (Lipinski definition) is 3. The van der Waals surface area contributed by atoms with Crippen molar-refractivity contribution in [2.75, 3.05) is 13.7 Å². The molecule has 106 valence electrons. The maximum Gasteiger partial charge on any atom is 0.340 e. The average molecular weight is 297 g/mol. The molecule has 2 N–H and O–H groups in total. The van der Waals surface area contributed by atoms with Crippen LogP contribution < -0.4 is 15.2 Å². The summed E-state index contributed by atoms with van der Waals surface area (Å²) in [5.74, 6) is -4.08. The minimum absolute atomic E-state index is 0.0991. The summed E-state index contributed by atoms with van der Waals surface area (Å²) in [6.45, 7) is -1.48. The van der Waals surface area contributed by atoms with Crippen LogP contribution in [0.25, 0.3) is 0 Å². The van der Waals surface area contributed by atoms with Gasteiger partial charge in [-0.05, 0) is 12.1 Å². The lowest BCUT2D eigenvalue weighted by Gasteiger charge is -2.18. The van der Waals surface area contributed by atoms with Gasteiger partial charge in [0.15, 0.2) is 6.61 Å². The van der Waals surface area contributed by atoms with Crippen molar-refractivity contribution in [1.29, 1.82) is 0 Å². The second kappa shape index (κ2) is 6.05. The molecule has 0 heterocycles. The fraction of sp³-hybridized carbons (Fsp3) is 0.364. The van der Waals surface area contributed by atoms with Crippen LogP contribution in [0.3, 0.4) is 0 Å². The zero-order valence-corrected chi connectivity index (χ0v) is 10.6. The Kier molecular flexibility index (Phi) is 4.93. The Morgan fingerprint density at radius 2 is 2.05 bits per heavy atom. The van der Waals surface area contributed by atoms with Gasteiger partial charge in [-0.15, -0.1) is 0 Å². The number of methoxy groups -OCH3 is 1. The largest absolute Gasteiger partial charge is 0.497 e. The number of thiocarbonyl (C=S) groups is 1. The van der Waals surface area contributed by atoms with Crippen LogP contribution in [0.15, 0.2) is 18.2 Å². The molecule has 0 unspecified atom stereocenters. The summed E-state index contributed by atoms with van der Waals surface area (Å²) in [5.41, 5.74) is 5.55. The van der Waals surface area contributed by atoms with E-state index in [9.17, 15) is 17.6 Å². The van der Waals surface area contributed by atoms with Crippen molar-refractivity contribution in [1.82, 2.24) is 0 Å². The van der Waals surface area contributed by atoms with Gasteiger partial charge in [-0.2, -0.15) is 8.78 Å². The lowest BCUT2D eigenvalue weighted by Crippen LogP contribution is -2.34. The van der Waals surface area contributed by atoms with E-state index >= 15 is 0 Å². The standard InChI is InChI=1S/C11H11F4NO2S/c1-17-6-2-3-7(9(16)19)8(4-6)18-5-11(14,15)10(12)13/h2-4,10H,5H2,1H3,(H2,16,19). The monoisotopic (exact) mass is 297 g/mol. The lowest BCUT2D eigenvalue weighted by atomic mass is 10.2. The second-order valence-electron chi connectivity index (χ2n) is 3.58. The zero-order valence-electron chi connectivity index (χ0n) is 9.83. The first kappa shape index (κ1) is 15.5. The van der Waals surface area contributed by atoms with Gasteiger partial charge in [-0.3, -0.25) is 0 Å². The van der Waals surface area contributed by atoms with Crippen molar-refractivity contribution in [2.45, 2.75) is 12.3 Å². The molecule has 3 nitrogen and oxygen atoms in total. The van der Waals surface area contributed by atoms with Crippen LogP contribution in [0.5, 0.6) is 11.5 Å². The van der Waals surface area contributed by atoms with Crippen LogP contribution in [0.2, 0.25) is 0 Å². The van der Waals surface area contributed by atoms with Crippen LogP contribution in [-0.2, 0) is 0 Å². The first-order chi connectivity index (χ1) is 8.77.